The highest BCUT2D eigenvalue weighted by molar-refractivity contribution is 5.45. The summed E-state index contributed by atoms with van der Waals surface area (Å²) < 4.78 is 81.1. The van der Waals surface area contributed by atoms with Crippen molar-refractivity contribution < 1.29 is 26.3 Å². The average molecular weight is 312 g/mol. The van der Waals surface area contributed by atoms with E-state index >= 15 is 0 Å². The van der Waals surface area contributed by atoms with Gasteiger partial charge in [-0.25, -0.2) is 0 Å². The zero-order valence-electron chi connectivity index (χ0n) is 12.2. The van der Waals surface area contributed by atoms with Gasteiger partial charge >= 0.3 is 12.4 Å². The van der Waals surface area contributed by atoms with Gasteiger partial charge in [-0.3, -0.25) is 0 Å². The molecule has 0 saturated carbocycles. The molecule has 0 rings (SSSR count). The van der Waals surface area contributed by atoms with Crippen molar-refractivity contribution >= 4 is 0 Å². The Hall–Kier alpha value is -1.46. The van der Waals surface area contributed by atoms with Gasteiger partial charge in [0.2, 0.25) is 5.41 Å². The number of hydrogen-bond acceptors (Lipinski definition) is 0. The van der Waals surface area contributed by atoms with Crippen LogP contribution in [0.1, 0.15) is 27.7 Å². The number of halogens is 6. The summed E-state index contributed by atoms with van der Waals surface area (Å²) >= 11 is 0. The molecule has 0 amide bonds. The van der Waals surface area contributed by atoms with Crippen molar-refractivity contribution in [1.29, 1.82) is 0 Å². The Bertz CT molecular complexity index is 414. The van der Waals surface area contributed by atoms with E-state index in [9.17, 15) is 26.3 Å². The summed E-state index contributed by atoms with van der Waals surface area (Å²) in [5.41, 5.74) is -5.74. The first kappa shape index (κ1) is 19.5. The summed E-state index contributed by atoms with van der Waals surface area (Å²) in [6.45, 7) is 5.05. The van der Waals surface area contributed by atoms with Gasteiger partial charge in [0.15, 0.2) is 0 Å². The topological polar surface area (TPSA) is 0 Å². The van der Waals surface area contributed by atoms with Gasteiger partial charge in [-0.05, 0) is 38.8 Å². The molecule has 120 valence electrons. The normalized spacial score (nSPS) is 16.3. The molecule has 6 heteroatoms. The Labute approximate surface area is 120 Å². The highest BCUT2D eigenvalue weighted by atomic mass is 19.4. The van der Waals surface area contributed by atoms with Crippen LogP contribution in [0.5, 0.6) is 0 Å². The molecule has 0 heterocycles. The molecule has 0 nitrogen and oxygen atoms in total. The maximum absolute atomic E-state index is 13.5. The fourth-order valence-corrected chi connectivity index (χ4v) is 2.22. The van der Waals surface area contributed by atoms with Crippen molar-refractivity contribution in [1.82, 2.24) is 0 Å². The largest absolute Gasteiger partial charge is 0.411 e. The van der Waals surface area contributed by atoms with E-state index in [-0.39, 0.29) is 0 Å². The molecular formula is C15H18F6. The minimum absolute atomic E-state index is 0.841. The zero-order chi connectivity index (χ0) is 16.9. The lowest BCUT2D eigenvalue weighted by atomic mass is 9.71. The molecule has 21 heavy (non-hydrogen) atoms. The molecule has 0 unspecified atom stereocenters. The van der Waals surface area contributed by atoms with Crippen LogP contribution in [-0.4, -0.2) is 12.4 Å². The van der Waals surface area contributed by atoms with Gasteiger partial charge in [0, 0.05) is 0 Å². The lowest BCUT2D eigenvalue weighted by Gasteiger charge is -2.39. The van der Waals surface area contributed by atoms with Crippen LogP contribution in [0.3, 0.4) is 0 Å². The quantitative estimate of drug-likeness (QED) is 0.432. The molecule has 0 aromatic carbocycles. The first-order valence-corrected chi connectivity index (χ1v) is 6.26. The summed E-state index contributed by atoms with van der Waals surface area (Å²) in [5, 5.41) is 0. The summed E-state index contributed by atoms with van der Waals surface area (Å²) in [6.07, 6.45) is -5.36. The molecule has 0 radical (unpaired) electrons. The van der Waals surface area contributed by atoms with E-state index in [0.717, 1.165) is 50.3 Å². The maximum atomic E-state index is 13.5. The highest BCUT2D eigenvalue weighted by Crippen LogP contribution is 2.59. The number of rotatable bonds is 4. The van der Waals surface area contributed by atoms with Crippen LogP contribution in [0, 0.1) is 5.41 Å². The van der Waals surface area contributed by atoms with Crippen LogP contribution in [-0.2, 0) is 0 Å². The minimum Gasteiger partial charge on any atom is -0.169 e. The first-order valence-electron chi connectivity index (χ1n) is 6.26. The van der Waals surface area contributed by atoms with E-state index in [2.05, 4.69) is 0 Å². The van der Waals surface area contributed by atoms with Gasteiger partial charge in [-0.2, -0.15) is 26.3 Å². The van der Waals surface area contributed by atoms with Crippen molar-refractivity contribution in [2.45, 2.75) is 40.0 Å². The van der Waals surface area contributed by atoms with E-state index in [4.69, 9.17) is 0 Å². The van der Waals surface area contributed by atoms with E-state index in [1.807, 2.05) is 0 Å². The van der Waals surface area contributed by atoms with E-state index < -0.39 is 28.9 Å². The van der Waals surface area contributed by atoms with Gasteiger partial charge in [0.05, 0.1) is 0 Å². The Kier molecular flexibility index (Phi) is 6.52. The lowest BCUT2D eigenvalue weighted by molar-refractivity contribution is -0.308. The summed E-state index contributed by atoms with van der Waals surface area (Å²) in [5.74, 6) is 0. The molecule has 0 aliphatic rings. The summed E-state index contributed by atoms with van der Waals surface area (Å²) in [7, 11) is 0. The van der Waals surface area contributed by atoms with Gasteiger partial charge in [-0.1, -0.05) is 36.5 Å². The second-order valence-electron chi connectivity index (χ2n) is 4.23. The Morgan fingerprint density at radius 3 is 1.05 bits per heavy atom. The van der Waals surface area contributed by atoms with Crippen LogP contribution in [0.4, 0.5) is 26.3 Å². The SMILES string of the molecule is C/C=C\C(=C/C)C(C(/C=C\C)=C/C)(C(F)(F)F)C(F)(F)F. The standard InChI is InChI=1S/C15H18F6/c1-5-9-11(7-3)13(14(16,17)18,15(19,20)21)12(8-4)10-6-2/h5-10H,1-4H3/b9-5-,10-6-,11-7+,12-8+. The molecule has 0 aromatic heterocycles. The molecule has 0 aliphatic carbocycles. The Morgan fingerprint density at radius 1 is 0.619 bits per heavy atom. The molecular weight excluding hydrogens is 294 g/mol. The van der Waals surface area contributed by atoms with Crippen LogP contribution in [0.25, 0.3) is 0 Å². The molecule has 0 saturated heterocycles. The number of allylic oxidation sites excluding steroid dienone is 8. The fourth-order valence-electron chi connectivity index (χ4n) is 2.22. The van der Waals surface area contributed by atoms with Crippen LogP contribution in [0.15, 0.2) is 47.6 Å². The zero-order valence-corrected chi connectivity index (χ0v) is 12.2. The second kappa shape index (κ2) is 7.00. The van der Waals surface area contributed by atoms with Crippen molar-refractivity contribution in [3.8, 4) is 0 Å². The smallest absolute Gasteiger partial charge is 0.169 e. The molecule has 0 N–H and O–H groups in total. The fraction of sp³-hybridized carbons (Fsp3) is 0.467. The van der Waals surface area contributed by atoms with Gasteiger partial charge in [0.1, 0.15) is 0 Å². The molecule has 0 aromatic rings. The maximum Gasteiger partial charge on any atom is 0.411 e. The summed E-state index contributed by atoms with van der Waals surface area (Å²) in [4.78, 5) is 0. The molecule has 0 atom stereocenters. The molecule has 0 fully saturated rings. The number of hydrogen-bond donors (Lipinski definition) is 0. The van der Waals surface area contributed by atoms with Gasteiger partial charge in [-0.15, -0.1) is 0 Å². The van der Waals surface area contributed by atoms with Gasteiger partial charge in [0.25, 0.3) is 0 Å². The predicted molar refractivity (Wildman–Crippen MR) is 71.7 cm³/mol. The Morgan fingerprint density at radius 2 is 0.905 bits per heavy atom. The van der Waals surface area contributed by atoms with E-state index in [1.165, 1.54) is 13.8 Å². The highest BCUT2D eigenvalue weighted by Gasteiger charge is 2.73. The lowest BCUT2D eigenvalue weighted by Crippen LogP contribution is -2.52. The van der Waals surface area contributed by atoms with Crippen molar-refractivity contribution in [2.24, 2.45) is 5.41 Å². The molecule has 0 aliphatic heterocycles. The third-order valence-corrected chi connectivity index (χ3v) is 3.03. The first-order chi connectivity index (χ1) is 9.54. The summed E-state index contributed by atoms with van der Waals surface area (Å²) in [6, 6.07) is 0. The molecule has 0 spiro atoms. The third kappa shape index (κ3) is 3.41. The van der Waals surface area contributed by atoms with E-state index in [1.54, 1.807) is 0 Å². The monoisotopic (exact) mass is 312 g/mol. The minimum atomic E-state index is -5.52. The number of alkyl halides is 6. The van der Waals surface area contributed by atoms with Crippen LogP contribution < -0.4 is 0 Å². The average Bonchev–Trinajstić information content (AvgIpc) is 2.33. The molecule has 0 bridgehead atoms. The van der Waals surface area contributed by atoms with Gasteiger partial charge < -0.3 is 0 Å². The van der Waals surface area contributed by atoms with Crippen molar-refractivity contribution in [2.75, 3.05) is 0 Å². The van der Waals surface area contributed by atoms with Crippen molar-refractivity contribution in [3.63, 3.8) is 0 Å². The Balaban J connectivity index is 6.86. The van der Waals surface area contributed by atoms with Crippen LogP contribution in [0.2, 0.25) is 0 Å². The predicted octanol–water partition coefficient (Wildman–Crippen LogP) is 6.14. The van der Waals surface area contributed by atoms with Crippen molar-refractivity contribution in [3.05, 3.63) is 47.6 Å². The third-order valence-electron chi connectivity index (χ3n) is 3.03. The second-order valence-corrected chi connectivity index (χ2v) is 4.23. The van der Waals surface area contributed by atoms with Crippen LogP contribution >= 0.6 is 0 Å². The van der Waals surface area contributed by atoms with E-state index in [0.29, 0.717) is 0 Å².